The average Bonchev–Trinajstić information content (AvgIpc) is 2.05. The van der Waals surface area contributed by atoms with E-state index < -0.39 is 0 Å². The molecule has 0 fully saturated rings. The van der Waals surface area contributed by atoms with E-state index in [1.54, 1.807) is 18.5 Å². The molecule has 0 amide bonds. The molecule has 4 nitrogen and oxygen atoms in total. The van der Waals surface area contributed by atoms with Crippen LogP contribution in [0, 0.1) is 5.41 Å². The van der Waals surface area contributed by atoms with Crippen molar-refractivity contribution in [3.05, 3.63) is 23.8 Å². The fraction of sp³-hybridized carbons (Fsp3) is 0. The lowest BCUT2D eigenvalue weighted by Gasteiger charge is -2.04. The third-order valence-electron chi connectivity index (χ3n) is 1.03. The molecular formula is C6H8N4. The van der Waals surface area contributed by atoms with E-state index in [0.29, 0.717) is 11.5 Å². The van der Waals surface area contributed by atoms with E-state index in [1.807, 2.05) is 0 Å². The molecular weight excluding hydrogens is 128 g/mol. The van der Waals surface area contributed by atoms with Gasteiger partial charge in [0, 0.05) is 18.6 Å². The fourth-order valence-corrected chi connectivity index (χ4v) is 0.551. The third kappa shape index (κ3) is 1.22. The lowest BCUT2D eigenvalue weighted by Crippen LogP contribution is -2.14. The molecule has 1 aliphatic heterocycles. The van der Waals surface area contributed by atoms with Crippen LogP contribution in [0.2, 0.25) is 0 Å². The Morgan fingerprint density at radius 3 is 3.10 bits per heavy atom. The first kappa shape index (κ1) is 6.54. The second-order valence-electron chi connectivity index (χ2n) is 1.73. The van der Waals surface area contributed by atoms with Crippen LogP contribution in [0.4, 0.5) is 0 Å². The van der Waals surface area contributed by atoms with Crippen LogP contribution in [-0.2, 0) is 0 Å². The molecule has 52 valence electrons. The van der Waals surface area contributed by atoms with Crippen LogP contribution in [0.5, 0.6) is 0 Å². The maximum absolute atomic E-state index is 6.80. The van der Waals surface area contributed by atoms with Crippen LogP contribution < -0.4 is 11.1 Å². The van der Waals surface area contributed by atoms with E-state index in [0.717, 1.165) is 6.21 Å². The SMILES string of the molecule is N=C/C(N)=C1/N=CC=CN1. The van der Waals surface area contributed by atoms with Gasteiger partial charge in [-0.15, -0.1) is 0 Å². The zero-order valence-electron chi connectivity index (χ0n) is 5.33. The van der Waals surface area contributed by atoms with Crippen molar-refractivity contribution in [1.82, 2.24) is 5.32 Å². The van der Waals surface area contributed by atoms with Crippen LogP contribution in [0.1, 0.15) is 0 Å². The van der Waals surface area contributed by atoms with Crippen molar-refractivity contribution in [2.75, 3.05) is 0 Å². The Labute approximate surface area is 58.6 Å². The molecule has 1 aliphatic rings. The molecule has 0 radical (unpaired) electrons. The van der Waals surface area contributed by atoms with Gasteiger partial charge in [-0.2, -0.15) is 0 Å². The van der Waals surface area contributed by atoms with Gasteiger partial charge in [0.2, 0.25) is 0 Å². The van der Waals surface area contributed by atoms with Crippen LogP contribution in [0.3, 0.4) is 0 Å². The summed E-state index contributed by atoms with van der Waals surface area (Å²) < 4.78 is 0. The number of nitrogens with zero attached hydrogens (tertiary/aromatic N) is 1. The number of allylic oxidation sites excluding steroid dienone is 2. The van der Waals surface area contributed by atoms with Crippen molar-refractivity contribution in [2.45, 2.75) is 0 Å². The lowest BCUT2D eigenvalue weighted by molar-refractivity contribution is 0.996. The van der Waals surface area contributed by atoms with Crippen molar-refractivity contribution in [2.24, 2.45) is 10.7 Å². The number of hydrogen-bond donors (Lipinski definition) is 3. The fourth-order valence-electron chi connectivity index (χ4n) is 0.551. The Morgan fingerprint density at radius 2 is 2.60 bits per heavy atom. The Morgan fingerprint density at radius 1 is 1.80 bits per heavy atom. The molecule has 4 heteroatoms. The zero-order chi connectivity index (χ0) is 7.40. The van der Waals surface area contributed by atoms with Gasteiger partial charge in [-0.3, -0.25) is 0 Å². The summed E-state index contributed by atoms with van der Waals surface area (Å²) >= 11 is 0. The highest BCUT2D eigenvalue weighted by molar-refractivity contribution is 5.79. The number of rotatable bonds is 1. The topological polar surface area (TPSA) is 74.3 Å². The molecule has 0 bridgehead atoms. The maximum atomic E-state index is 6.80. The normalized spacial score (nSPS) is 20.0. The van der Waals surface area contributed by atoms with Gasteiger partial charge in [0.05, 0.1) is 5.70 Å². The van der Waals surface area contributed by atoms with Crippen molar-refractivity contribution in [3.63, 3.8) is 0 Å². The van der Waals surface area contributed by atoms with E-state index in [1.165, 1.54) is 0 Å². The molecule has 0 unspecified atom stereocenters. The number of nitrogens with two attached hydrogens (primary N) is 1. The van der Waals surface area contributed by atoms with Crippen molar-refractivity contribution in [1.29, 1.82) is 5.41 Å². The number of aliphatic imine (C=N–C) groups is 1. The second-order valence-corrected chi connectivity index (χ2v) is 1.73. The van der Waals surface area contributed by atoms with Gasteiger partial charge in [-0.25, -0.2) is 4.99 Å². The van der Waals surface area contributed by atoms with Gasteiger partial charge >= 0.3 is 0 Å². The minimum atomic E-state index is 0.334. The Hall–Kier alpha value is -1.58. The van der Waals surface area contributed by atoms with Crippen LogP contribution in [0.25, 0.3) is 0 Å². The van der Waals surface area contributed by atoms with E-state index in [-0.39, 0.29) is 0 Å². The predicted molar refractivity (Wildman–Crippen MR) is 40.8 cm³/mol. The summed E-state index contributed by atoms with van der Waals surface area (Å²) in [6.07, 6.45) is 6.13. The molecule has 1 rings (SSSR count). The Bertz CT molecular complexity index is 224. The van der Waals surface area contributed by atoms with Gasteiger partial charge in [-0.05, 0) is 6.08 Å². The monoisotopic (exact) mass is 136 g/mol. The first-order chi connectivity index (χ1) is 4.84. The zero-order valence-corrected chi connectivity index (χ0v) is 5.33. The van der Waals surface area contributed by atoms with Crippen molar-refractivity contribution >= 4 is 12.4 Å². The molecule has 10 heavy (non-hydrogen) atoms. The van der Waals surface area contributed by atoms with Gasteiger partial charge in [0.15, 0.2) is 5.82 Å². The molecule has 0 atom stereocenters. The quantitative estimate of drug-likeness (QED) is 0.442. The lowest BCUT2D eigenvalue weighted by atomic mass is 10.4. The van der Waals surface area contributed by atoms with Crippen LogP contribution in [0.15, 0.2) is 28.8 Å². The molecule has 0 aliphatic carbocycles. The minimum absolute atomic E-state index is 0.334. The highest BCUT2D eigenvalue weighted by atomic mass is 15.0. The van der Waals surface area contributed by atoms with Crippen molar-refractivity contribution in [3.8, 4) is 0 Å². The van der Waals surface area contributed by atoms with Crippen LogP contribution >= 0.6 is 0 Å². The average molecular weight is 136 g/mol. The summed E-state index contributed by atoms with van der Waals surface area (Å²) in [4.78, 5) is 3.88. The van der Waals surface area contributed by atoms with Gasteiger partial charge < -0.3 is 16.5 Å². The Balaban J connectivity index is 2.84. The number of hydrogen-bond acceptors (Lipinski definition) is 4. The van der Waals surface area contributed by atoms with Crippen molar-refractivity contribution < 1.29 is 0 Å². The number of nitrogens with one attached hydrogen (secondary N) is 2. The highest BCUT2D eigenvalue weighted by Gasteiger charge is 1.96. The summed E-state index contributed by atoms with van der Waals surface area (Å²) in [7, 11) is 0. The van der Waals surface area contributed by atoms with Gasteiger partial charge in [-0.1, -0.05) is 0 Å². The van der Waals surface area contributed by atoms with E-state index in [2.05, 4.69) is 10.3 Å². The molecule has 0 aromatic heterocycles. The van der Waals surface area contributed by atoms with E-state index in [9.17, 15) is 0 Å². The standard InChI is InChI=1S/C6H8N4/c7-4-5(8)6-9-2-1-3-10-6/h1-4,7,9H,8H2/b6-5-,7-4?. The molecule has 0 aromatic rings. The molecule has 0 spiro atoms. The maximum Gasteiger partial charge on any atom is 0.154 e. The third-order valence-corrected chi connectivity index (χ3v) is 1.03. The van der Waals surface area contributed by atoms with Gasteiger partial charge in [0.25, 0.3) is 0 Å². The first-order valence-electron chi connectivity index (χ1n) is 2.80. The molecule has 4 N–H and O–H groups in total. The highest BCUT2D eigenvalue weighted by Crippen LogP contribution is 1.96. The van der Waals surface area contributed by atoms with E-state index >= 15 is 0 Å². The van der Waals surface area contributed by atoms with Gasteiger partial charge in [0.1, 0.15) is 0 Å². The summed E-state index contributed by atoms with van der Waals surface area (Å²) in [5.74, 6) is 0.525. The second kappa shape index (κ2) is 2.82. The summed E-state index contributed by atoms with van der Waals surface area (Å²) in [5, 5.41) is 9.59. The first-order valence-corrected chi connectivity index (χ1v) is 2.80. The molecule has 1 heterocycles. The minimum Gasteiger partial charge on any atom is -0.394 e. The van der Waals surface area contributed by atoms with Crippen LogP contribution in [-0.4, -0.2) is 12.4 Å². The molecule has 0 aromatic carbocycles. The summed E-state index contributed by atoms with van der Waals surface area (Å²) in [6.45, 7) is 0. The summed E-state index contributed by atoms with van der Waals surface area (Å²) in [6, 6.07) is 0. The molecule has 0 saturated heterocycles. The predicted octanol–water partition coefficient (Wildman–Crippen LogP) is -0.0485. The summed E-state index contributed by atoms with van der Waals surface area (Å²) in [5.41, 5.74) is 5.71. The largest absolute Gasteiger partial charge is 0.394 e. The Kier molecular flexibility index (Phi) is 1.84. The molecule has 0 saturated carbocycles. The van der Waals surface area contributed by atoms with E-state index in [4.69, 9.17) is 11.1 Å². The smallest absolute Gasteiger partial charge is 0.154 e.